The van der Waals surface area contributed by atoms with Crippen molar-refractivity contribution in [2.45, 2.75) is 58.6 Å². The number of carbonyl (C=O) groups is 1. The lowest BCUT2D eigenvalue weighted by atomic mass is 9.78. The van der Waals surface area contributed by atoms with E-state index in [4.69, 9.17) is 14.2 Å². The van der Waals surface area contributed by atoms with E-state index in [0.717, 1.165) is 60.7 Å². The van der Waals surface area contributed by atoms with Crippen LogP contribution in [-0.2, 0) is 4.74 Å². The predicted molar refractivity (Wildman–Crippen MR) is 137 cm³/mol. The number of hydrogen-bond donors (Lipinski definition) is 1. The van der Waals surface area contributed by atoms with E-state index in [1.807, 2.05) is 6.07 Å². The molecule has 1 amide bonds. The summed E-state index contributed by atoms with van der Waals surface area (Å²) in [6, 6.07) is 12.4. The number of hydrogen-bond acceptors (Lipinski definition) is 5. The van der Waals surface area contributed by atoms with E-state index in [1.54, 1.807) is 7.11 Å². The molecule has 6 rings (SSSR count). The molecule has 3 saturated heterocycles. The quantitative estimate of drug-likeness (QED) is 0.592. The lowest BCUT2D eigenvalue weighted by molar-refractivity contribution is -0.0361. The highest BCUT2D eigenvalue weighted by Gasteiger charge is 2.41. The number of amides is 1. The highest BCUT2D eigenvalue weighted by molar-refractivity contribution is 5.75. The lowest BCUT2D eigenvalue weighted by Gasteiger charge is -2.44. The summed E-state index contributed by atoms with van der Waals surface area (Å²) in [7, 11) is 1.69. The number of piperidine rings is 3. The molecule has 1 N–H and O–H groups in total. The maximum absolute atomic E-state index is 13.1. The molecule has 0 saturated carbocycles. The van der Waals surface area contributed by atoms with Crippen molar-refractivity contribution in [3.8, 4) is 22.6 Å². The Hall–Kier alpha value is -2.73. The van der Waals surface area contributed by atoms with Gasteiger partial charge < -0.3 is 19.5 Å². The molecular weight excluding hydrogens is 440 g/mol. The summed E-state index contributed by atoms with van der Waals surface area (Å²) in [5.41, 5.74) is 3.98. The Bertz CT molecular complexity index is 1090. The SMILES string of the molecule is COc1cc2c(cc1-c1cccc(C(C)C)c1)OCC(C)(C)C2NC(=O)O[C@@H]1CN2CCC1CC2. The van der Waals surface area contributed by atoms with Gasteiger partial charge in [0.25, 0.3) is 0 Å². The average molecular weight is 479 g/mol. The minimum atomic E-state index is -0.345. The van der Waals surface area contributed by atoms with Crippen molar-refractivity contribution < 1.29 is 19.0 Å². The molecule has 1 unspecified atom stereocenters. The van der Waals surface area contributed by atoms with Crippen LogP contribution >= 0.6 is 0 Å². The molecule has 0 aromatic heterocycles. The zero-order valence-electron chi connectivity index (χ0n) is 21.6. The third kappa shape index (κ3) is 4.73. The topological polar surface area (TPSA) is 60.0 Å². The molecule has 3 fully saturated rings. The van der Waals surface area contributed by atoms with Gasteiger partial charge in [-0.25, -0.2) is 4.79 Å². The van der Waals surface area contributed by atoms with E-state index in [9.17, 15) is 4.79 Å². The van der Waals surface area contributed by atoms with Crippen LogP contribution in [0.15, 0.2) is 36.4 Å². The van der Waals surface area contributed by atoms with Crippen molar-refractivity contribution in [1.29, 1.82) is 0 Å². The van der Waals surface area contributed by atoms with Crippen molar-refractivity contribution in [2.75, 3.05) is 33.4 Å². The Kier molecular flexibility index (Phi) is 6.43. The van der Waals surface area contributed by atoms with Gasteiger partial charge in [-0.15, -0.1) is 0 Å². The molecule has 6 nitrogen and oxygen atoms in total. The van der Waals surface area contributed by atoms with Gasteiger partial charge in [0.15, 0.2) is 0 Å². The fourth-order valence-corrected chi connectivity index (χ4v) is 5.76. The maximum atomic E-state index is 13.1. The number of ether oxygens (including phenoxy) is 3. The fourth-order valence-electron chi connectivity index (χ4n) is 5.76. The number of carbonyl (C=O) groups excluding carboxylic acids is 1. The second-order valence-corrected chi connectivity index (χ2v) is 11.3. The first kappa shape index (κ1) is 24.0. The Labute approximate surface area is 208 Å². The van der Waals surface area contributed by atoms with Crippen molar-refractivity contribution in [3.05, 3.63) is 47.5 Å². The smallest absolute Gasteiger partial charge is 0.407 e. The highest BCUT2D eigenvalue weighted by atomic mass is 16.6. The molecule has 188 valence electrons. The summed E-state index contributed by atoms with van der Waals surface area (Å²) in [5, 5.41) is 3.19. The zero-order chi connectivity index (χ0) is 24.7. The molecule has 4 heterocycles. The van der Waals surface area contributed by atoms with Crippen molar-refractivity contribution in [2.24, 2.45) is 11.3 Å². The normalized spacial score (nSPS) is 26.6. The Morgan fingerprint density at radius 1 is 1.17 bits per heavy atom. The minimum absolute atomic E-state index is 0.0231. The van der Waals surface area contributed by atoms with Crippen LogP contribution in [0.25, 0.3) is 11.1 Å². The molecule has 6 heteroatoms. The van der Waals surface area contributed by atoms with Crippen LogP contribution < -0.4 is 14.8 Å². The standard InChI is InChI=1S/C29H38N2O4/c1-18(2)20-7-6-8-21(13-20)22-14-25-23(15-24(22)33-5)27(29(3,4)17-34-25)30-28(32)35-26-16-31-11-9-19(26)10-12-31/h6-8,13-15,18-19,26-27H,9-12,16-17H2,1-5H3,(H,30,32)/t26-,27?/m1/s1. The van der Waals surface area contributed by atoms with Gasteiger partial charge in [0, 0.05) is 23.1 Å². The number of nitrogens with zero attached hydrogens (tertiary/aromatic N) is 1. The summed E-state index contributed by atoms with van der Waals surface area (Å²) in [6.45, 7) is 12.2. The fraction of sp³-hybridized carbons (Fsp3) is 0.552. The van der Waals surface area contributed by atoms with Gasteiger partial charge in [-0.05, 0) is 61.0 Å². The maximum Gasteiger partial charge on any atom is 0.407 e. The van der Waals surface area contributed by atoms with Gasteiger partial charge in [0.2, 0.25) is 0 Å². The number of rotatable bonds is 5. The van der Waals surface area contributed by atoms with Gasteiger partial charge in [-0.1, -0.05) is 52.0 Å². The first-order chi connectivity index (χ1) is 16.7. The Morgan fingerprint density at radius 2 is 1.94 bits per heavy atom. The van der Waals surface area contributed by atoms with Crippen molar-refractivity contribution >= 4 is 6.09 Å². The number of fused-ring (bicyclic) bond motifs is 4. The minimum Gasteiger partial charge on any atom is -0.496 e. The molecule has 4 aliphatic heterocycles. The van der Waals surface area contributed by atoms with Crippen LogP contribution in [0, 0.1) is 11.3 Å². The first-order valence-electron chi connectivity index (χ1n) is 12.9. The summed E-state index contributed by atoms with van der Waals surface area (Å²) in [5.74, 6) is 2.46. The summed E-state index contributed by atoms with van der Waals surface area (Å²) in [6.07, 6.45) is 1.86. The van der Waals surface area contributed by atoms with E-state index in [1.165, 1.54) is 5.56 Å². The summed E-state index contributed by atoms with van der Waals surface area (Å²) >= 11 is 0. The molecule has 2 aromatic rings. The summed E-state index contributed by atoms with van der Waals surface area (Å²) in [4.78, 5) is 15.5. The third-order valence-corrected chi connectivity index (χ3v) is 8.01. The molecule has 2 aromatic carbocycles. The molecule has 0 spiro atoms. The third-order valence-electron chi connectivity index (χ3n) is 8.01. The van der Waals surface area contributed by atoms with E-state index in [-0.39, 0.29) is 23.7 Å². The second-order valence-electron chi connectivity index (χ2n) is 11.3. The van der Waals surface area contributed by atoms with Gasteiger partial charge in [0.1, 0.15) is 17.6 Å². The second kappa shape index (κ2) is 9.38. The number of alkyl carbamates (subject to hydrolysis) is 1. The zero-order valence-corrected chi connectivity index (χ0v) is 21.6. The number of methoxy groups -OCH3 is 1. The van der Waals surface area contributed by atoms with E-state index in [0.29, 0.717) is 18.4 Å². The molecule has 0 aliphatic carbocycles. The number of benzene rings is 2. The van der Waals surface area contributed by atoms with Crippen LogP contribution in [0.2, 0.25) is 0 Å². The molecule has 2 bridgehead atoms. The van der Waals surface area contributed by atoms with Crippen LogP contribution in [0.1, 0.15) is 63.6 Å². The predicted octanol–water partition coefficient (Wildman–Crippen LogP) is 5.77. The Morgan fingerprint density at radius 3 is 2.60 bits per heavy atom. The van der Waals surface area contributed by atoms with Gasteiger partial charge >= 0.3 is 6.09 Å². The van der Waals surface area contributed by atoms with E-state index in [2.05, 4.69) is 68.2 Å². The average Bonchev–Trinajstić information content (AvgIpc) is 2.86. The Balaban J connectivity index is 1.42. The van der Waals surface area contributed by atoms with E-state index < -0.39 is 0 Å². The van der Waals surface area contributed by atoms with Gasteiger partial charge in [0.05, 0.1) is 19.8 Å². The molecule has 2 atom stereocenters. The van der Waals surface area contributed by atoms with Crippen LogP contribution in [0.4, 0.5) is 4.79 Å². The van der Waals surface area contributed by atoms with Crippen molar-refractivity contribution in [1.82, 2.24) is 10.2 Å². The van der Waals surface area contributed by atoms with Crippen LogP contribution in [0.3, 0.4) is 0 Å². The molecular formula is C29H38N2O4. The first-order valence-corrected chi connectivity index (χ1v) is 12.9. The summed E-state index contributed by atoms with van der Waals surface area (Å²) < 4.78 is 18.0. The van der Waals surface area contributed by atoms with E-state index >= 15 is 0 Å². The monoisotopic (exact) mass is 478 g/mol. The van der Waals surface area contributed by atoms with Gasteiger partial charge in [-0.3, -0.25) is 4.90 Å². The molecule has 0 radical (unpaired) electrons. The number of nitrogens with one attached hydrogen (secondary N) is 1. The molecule has 4 aliphatic rings. The van der Waals surface area contributed by atoms with Crippen LogP contribution in [0.5, 0.6) is 11.5 Å². The van der Waals surface area contributed by atoms with Gasteiger partial charge in [-0.2, -0.15) is 0 Å². The largest absolute Gasteiger partial charge is 0.496 e. The molecule has 35 heavy (non-hydrogen) atoms. The van der Waals surface area contributed by atoms with Crippen LogP contribution in [-0.4, -0.2) is 50.4 Å². The highest BCUT2D eigenvalue weighted by Crippen LogP contribution is 2.47. The van der Waals surface area contributed by atoms with Crippen molar-refractivity contribution in [3.63, 3.8) is 0 Å². The lowest BCUT2D eigenvalue weighted by Crippen LogP contribution is -2.53.